The van der Waals surface area contributed by atoms with Crippen LogP contribution in [-0.2, 0) is 11.2 Å². The third-order valence-electron chi connectivity index (χ3n) is 1.24. The van der Waals surface area contributed by atoms with Gasteiger partial charge in [-0.3, -0.25) is 14.6 Å². The predicted octanol–water partition coefficient (Wildman–Crippen LogP) is -0.284. The van der Waals surface area contributed by atoms with Gasteiger partial charge >= 0.3 is 11.7 Å². The number of rotatable bonds is 2. The molecule has 0 unspecified atom stereocenters. The average Bonchev–Trinajstić information content (AvgIpc) is 2.13. The van der Waals surface area contributed by atoms with Crippen LogP contribution in [0.4, 0.5) is 0 Å². The normalized spacial score (nSPS) is 8.71. The molecule has 0 saturated heterocycles. The van der Waals surface area contributed by atoms with Crippen LogP contribution in [-0.4, -0.2) is 21.0 Å². The van der Waals surface area contributed by atoms with Gasteiger partial charge in [0.2, 0.25) is 0 Å². The van der Waals surface area contributed by atoms with E-state index < -0.39 is 23.6 Å². The van der Waals surface area contributed by atoms with E-state index in [2.05, 4.69) is 4.98 Å². The number of aliphatic carboxylic acids is 1. The lowest BCUT2D eigenvalue weighted by molar-refractivity contribution is -0.136. The van der Waals surface area contributed by atoms with E-state index in [0.717, 1.165) is 6.20 Å². The van der Waals surface area contributed by atoms with Crippen LogP contribution in [0.2, 0.25) is 0 Å². The first kappa shape index (κ1) is 12.2. The molecule has 0 amide bonds. The zero-order valence-corrected chi connectivity index (χ0v) is 7.96. The van der Waals surface area contributed by atoms with Crippen molar-refractivity contribution in [3.63, 3.8) is 0 Å². The van der Waals surface area contributed by atoms with Gasteiger partial charge in [0.1, 0.15) is 0 Å². The molecule has 1 heterocycles. The SMILES string of the molecule is CC.O=C(O)Cc1c[nH]c(=O)[nH]c1=O. The number of carbonyl (C=O) groups is 1. The van der Waals surface area contributed by atoms with Crippen molar-refractivity contribution in [3.05, 3.63) is 32.6 Å². The summed E-state index contributed by atoms with van der Waals surface area (Å²) in [5.41, 5.74) is -1.28. The number of nitrogens with one attached hydrogen (secondary N) is 2. The van der Waals surface area contributed by atoms with Crippen molar-refractivity contribution in [2.45, 2.75) is 20.3 Å². The first-order valence-corrected chi connectivity index (χ1v) is 4.12. The highest BCUT2D eigenvalue weighted by Crippen LogP contribution is 1.85. The Morgan fingerprint density at radius 1 is 1.43 bits per heavy atom. The molecule has 3 N–H and O–H groups in total. The van der Waals surface area contributed by atoms with Crippen LogP contribution in [0.15, 0.2) is 15.8 Å². The van der Waals surface area contributed by atoms with Crippen LogP contribution >= 0.6 is 0 Å². The maximum Gasteiger partial charge on any atom is 0.325 e. The Labute approximate surface area is 79.6 Å². The first-order valence-electron chi connectivity index (χ1n) is 4.12. The Bertz CT molecular complexity index is 404. The van der Waals surface area contributed by atoms with Gasteiger partial charge in [0, 0.05) is 11.8 Å². The van der Waals surface area contributed by atoms with Crippen molar-refractivity contribution in [2.24, 2.45) is 0 Å². The van der Waals surface area contributed by atoms with Crippen LogP contribution < -0.4 is 11.2 Å². The van der Waals surface area contributed by atoms with Crippen LogP contribution in [0.25, 0.3) is 0 Å². The number of H-pyrrole nitrogens is 2. The summed E-state index contributed by atoms with van der Waals surface area (Å²) >= 11 is 0. The Balaban J connectivity index is 0.000000791. The van der Waals surface area contributed by atoms with Crippen molar-refractivity contribution >= 4 is 5.97 Å². The van der Waals surface area contributed by atoms with Gasteiger partial charge in [-0.25, -0.2) is 4.79 Å². The minimum Gasteiger partial charge on any atom is -0.481 e. The van der Waals surface area contributed by atoms with Gasteiger partial charge < -0.3 is 10.1 Å². The second-order valence-corrected chi connectivity index (χ2v) is 2.17. The molecule has 6 nitrogen and oxygen atoms in total. The molecule has 0 radical (unpaired) electrons. The van der Waals surface area contributed by atoms with Crippen molar-refractivity contribution in [3.8, 4) is 0 Å². The zero-order valence-electron chi connectivity index (χ0n) is 7.96. The van der Waals surface area contributed by atoms with Gasteiger partial charge in [-0.2, -0.15) is 0 Å². The fourth-order valence-corrected chi connectivity index (χ4v) is 0.732. The van der Waals surface area contributed by atoms with E-state index in [1.807, 2.05) is 18.8 Å². The Morgan fingerprint density at radius 2 is 2.00 bits per heavy atom. The third kappa shape index (κ3) is 3.70. The topological polar surface area (TPSA) is 103 Å². The summed E-state index contributed by atoms with van der Waals surface area (Å²) < 4.78 is 0. The molecule has 0 saturated carbocycles. The number of hydrogen-bond acceptors (Lipinski definition) is 3. The van der Waals surface area contributed by atoms with Gasteiger partial charge in [-0.15, -0.1) is 0 Å². The highest BCUT2D eigenvalue weighted by molar-refractivity contribution is 5.69. The molecule has 78 valence electrons. The van der Waals surface area contributed by atoms with E-state index in [1.54, 1.807) is 0 Å². The van der Waals surface area contributed by atoms with Crippen LogP contribution in [0.3, 0.4) is 0 Å². The van der Waals surface area contributed by atoms with Crippen molar-refractivity contribution in [1.29, 1.82) is 0 Å². The molecule has 0 fully saturated rings. The summed E-state index contributed by atoms with van der Waals surface area (Å²) in [7, 11) is 0. The molecule has 0 aromatic carbocycles. The molecule has 1 aromatic rings. The summed E-state index contributed by atoms with van der Waals surface area (Å²) in [6.45, 7) is 4.00. The average molecular weight is 200 g/mol. The molecular formula is C8H12N2O4. The molecule has 1 rings (SSSR count). The molecule has 0 aliphatic heterocycles. The van der Waals surface area contributed by atoms with Gasteiger partial charge in [-0.1, -0.05) is 13.8 Å². The summed E-state index contributed by atoms with van der Waals surface area (Å²) in [5, 5.41) is 8.32. The minimum atomic E-state index is -1.12. The van der Waals surface area contributed by atoms with E-state index in [-0.39, 0.29) is 5.56 Å². The quantitative estimate of drug-likeness (QED) is 0.610. The summed E-state index contributed by atoms with van der Waals surface area (Å²) in [5.74, 6) is -1.12. The number of aromatic nitrogens is 2. The predicted molar refractivity (Wildman–Crippen MR) is 50.4 cm³/mol. The van der Waals surface area contributed by atoms with Crippen molar-refractivity contribution < 1.29 is 9.90 Å². The number of aromatic amines is 2. The molecule has 6 heteroatoms. The molecule has 14 heavy (non-hydrogen) atoms. The molecule has 0 atom stereocenters. The second-order valence-electron chi connectivity index (χ2n) is 2.17. The number of carboxylic acid groups (broad SMARTS) is 1. The van der Waals surface area contributed by atoms with Crippen LogP contribution in [0.5, 0.6) is 0 Å². The molecule has 0 aliphatic rings. The fraction of sp³-hybridized carbons (Fsp3) is 0.375. The smallest absolute Gasteiger partial charge is 0.325 e. The van der Waals surface area contributed by atoms with E-state index in [9.17, 15) is 14.4 Å². The lowest BCUT2D eigenvalue weighted by Crippen LogP contribution is -2.25. The van der Waals surface area contributed by atoms with Crippen molar-refractivity contribution in [2.75, 3.05) is 0 Å². The lowest BCUT2D eigenvalue weighted by Gasteiger charge is -1.92. The second kappa shape index (κ2) is 5.74. The van der Waals surface area contributed by atoms with Crippen molar-refractivity contribution in [1.82, 2.24) is 9.97 Å². The maximum absolute atomic E-state index is 10.8. The largest absolute Gasteiger partial charge is 0.481 e. The van der Waals surface area contributed by atoms with Gasteiger partial charge in [0.25, 0.3) is 5.56 Å². The molecule has 0 bridgehead atoms. The highest BCUT2D eigenvalue weighted by Gasteiger charge is 2.04. The summed E-state index contributed by atoms with van der Waals surface area (Å²) in [6.07, 6.45) is 0.696. The molecule has 1 aromatic heterocycles. The zero-order chi connectivity index (χ0) is 11.1. The molecule has 0 aliphatic carbocycles. The van der Waals surface area contributed by atoms with Gasteiger partial charge in [0.15, 0.2) is 0 Å². The lowest BCUT2D eigenvalue weighted by atomic mass is 10.2. The van der Waals surface area contributed by atoms with Gasteiger partial charge in [-0.05, 0) is 0 Å². The van der Waals surface area contributed by atoms with Crippen LogP contribution in [0, 0.1) is 0 Å². The minimum absolute atomic E-state index is 0.0297. The van der Waals surface area contributed by atoms with E-state index in [1.165, 1.54) is 0 Å². The fourth-order valence-electron chi connectivity index (χ4n) is 0.732. The Hall–Kier alpha value is -1.85. The maximum atomic E-state index is 10.8. The number of hydrogen-bond donors (Lipinski definition) is 3. The summed E-state index contributed by atoms with van der Waals surface area (Å²) in [6, 6.07) is 0. The van der Waals surface area contributed by atoms with E-state index in [0.29, 0.717) is 0 Å². The number of carboxylic acids is 1. The van der Waals surface area contributed by atoms with Gasteiger partial charge in [0.05, 0.1) is 6.42 Å². The molecule has 0 spiro atoms. The van der Waals surface area contributed by atoms with E-state index in [4.69, 9.17) is 5.11 Å². The summed E-state index contributed by atoms with van der Waals surface area (Å²) in [4.78, 5) is 35.6. The monoisotopic (exact) mass is 200 g/mol. The van der Waals surface area contributed by atoms with Crippen LogP contribution in [0.1, 0.15) is 19.4 Å². The molecular weight excluding hydrogens is 188 g/mol. The first-order chi connectivity index (χ1) is 6.59. The Morgan fingerprint density at radius 3 is 2.43 bits per heavy atom. The van der Waals surface area contributed by atoms with E-state index >= 15 is 0 Å². The highest BCUT2D eigenvalue weighted by atomic mass is 16.4. The standard InChI is InChI=1S/C6H6N2O4.C2H6/c9-4(10)1-3-2-7-6(12)8-5(3)11;1-2/h2H,1H2,(H,9,10)(H2,7,8,11,12);1-2H3. The Kier molecular flexibility index (Phi) is 4.98. The third-order valence-corrected chi connectivity index (χ3v) is 1.24.